The van der Waals surface area contributed by atoms with Gasteiger partial charge >= 0.3 is 0 Å². The number of rotatable bonds is 2. The number of thiazole rings is 1. The monoisotopic (exact) mass is 227 g/mol. The first kappa shape index (κ1) is 9.57. The van der Waals surface area contributed by atoms with Gasteiger partial charge in [0.15, 0.2) is 5.13 Å². The van der Waals surface area contributed by atoms with Crippen LogP contribution in [0.4, 0.5) is 5.13 Å². The molecule has 0 amide bonds. The van der Waals surface area contributed by atoms with Crippen molar-refractivity contribution in [2.45, 2.75) is 5.75 Å². The summed E-state index contributed by atoms with van der Waals surface area (Å²) in [7, 11) is 0. The van der Waals surface area contributed by atoms with E-state index >= 15 is 0 Å². The summed E-state index contributed by atoms with van der Waals surface area (Å²) in [6.45, 7) is 0. The number of nitrogens with zero attached hydrogens (tertiary/aromatic N) is 1. The zero-order valence-corrected chi connectivity index (χ0v) is 8.73. The Balaban J connectivity index is 2.45. The normalized spacial score (nSPS) is 13.2. The highest BCUT2D eigenvalue weighted by molar-refractivity contribution is 7.78. The lowest BCUT2D eigenvalue weighted by Crippen LogP contribution is -1.92. The minimum Gasteiger partial charge on any atom is -0.772 e. The highest BCUT2D eigenvalue weighted by Crippen LogP contribution is 2.24. The fourth-order valence-electron chi connectivity index (χ4n) is 1.21. The molecule has 0 spiro atoms. The smallest absolute Gasteiger partial charge is 0.181 e. The summed E-state index contributed by atoms with van der Waals surface area (Å²) in [6, 6.07) is 5.33. The van der Waals surface area contributed by atoms with Crippen LogP contribution in [0.15, 0.2) is 18.2 Å². The number of nitrogen functional groups attached to an aromatic ring is 1. The topological polar surface area (TPSA) is 79.0 Å². The Kier molecular flexibility index (Phi) is 2.49. The van der Waals surface area contributed by atoms with Gasteiger partial charge in [-0.15, -0.1) is 0 Å². The molecule has 1 heterocycles. The van der Waals surface area contributed by atoms with Crippen molar-refractivity contribution in [3.63, 3.8) is 0 Å². The molecule has 4 nitrogen and oxygen atoms in total. The third-order valence-corrected chi connectivity index (χ3v) is 3.17. The van der Waals surface area contributed by atoms with Crippen LogP contribution < -0.4 is 5.73 Å². The van der Waals surface area contributed by atoms with Gasteiger partial charge in [-0.1, -0.05) is 28.5 Å². The Morgan fingerprint density at radius 3 is 3.07 bits per heavy atom. The van der Waals surface area contributed by atoms with Crippen molar-refractivity contribution in [3.05, 3.63) is 23.8 Å². The van der Waals surface area contributed by atoms with Gasteiger partial charge in [-0.3, -0.25) is 4.21 Å². The molecule has 0 aliphatic rings. The van der Waals surface area contributed by atoms with Gasteiger partial charge in [0.2, 0.25) is 0 Å². The average Bonchev–Trinajstić information content (AvgIpc) is 2.42. The standard InChI is InChI=1S/C8H8N2O2S2/c9-8-10-6-2-1-5(4-14(11)12)3-7(6)13-8/h1-3H,4H2,(H2,9,10)(H,11,12)/p-1. The second-order valence-corrected chi connectivity index (χ2v) is 4.76. The number of hydrogen-bond acceptors (Lipinski definition) is 5. The van der Waals surface area contributed by atoms with E-state index in [1.54, 1.807) is 18.2 Å². The second-order valence-electron chi connectivity index (χ2n) is 2.80. The number of fused-ring (bicyclic) bond motifs is 1. The predicted octanol–water partition coefficient (Wildman–Crippen LogP) is 1.26. The summed E-state index contributed by atoms with van der Waals surface area (Å²) in [6.07, 6.45) is 0. The Hall–Kier alpha value is -0.980. The van der Waals surface area contributed by atoms with Crippen LogP contribution in [0.1, 0.15) is 5.56 Å². The molecule has 6 heteroatoms. The Morgan fingerprint density at radius 1 is 1.57 bits per heavy atom. The highest BCUT2D eigenvalue weighted by atomic mass is 32.2. The van der Waals surface area contributed by atoms with Crippen LogP contribution in [-0.4, -0.2) is 13.7 Å². The molecular formula is C8H7N2O2S2-. The first-order chi connectivity index (χ1) is 6.65. The number of hydrogen-bond donors (Lipinski definition) is 1. The fraction of sp³-hybridized carbons (Fsp3) is 0.125. The molecule has 0 aliphatic carbocycles. The zero-order chi connectivity index (χ0) is 10.1. The van der Waals surface area contributed by atoms with Crippen LogP contribution in [0.25, 0.3) is 10.2 Å². The molecule has 14 heavy (non-hydrogen) atoms. The molecule has 1 aromatic carbocycles. The number of benzene rings is 1. The molecule has 0 saturated heterocycles. The predicted molar refractivity (Wildman–Crippen MR) is 56.7 cm³/mol. The molecule has 1 aromatic heterocycles. The fourth-order valence-corrected chi connectivity index (χ4v) is 2.46. The van der Waals surface area contributed by atoms with Gasteiger partial charge in [-0.2, -0.15) is 0 Å². The quantitative estimate of drug-likeness (QED) is 0.783. The number of nitrogens with two attached hydrogens (primary N) is 1. The Labute approximate surface area is 87.1 Å². The number of anilines is 1. The van der Waals surface area contributed by atoms with Crippen LogP contribution in [0.2, 0.25) is 0 Å². The van der Waals surface area contributed by atoms with Crippen LogP contribution >= 0.6 is 11.3 Å². The molecule has 0 bridgehead atoms. The maximum atomic E-state index is 10.5. The van der Waals surface area contributed by atoms with Crippen molar-refractivity contribution in [2.24, 2.45) is 0 Å². The first-order valence-electron chi connectivity index (χ1n) is 3.86. The summed E-state index contributed by atoms with van der Waals surface area (Å²) in [5.74, 6) is 0.0355. The van der Waals surface area contributed by atoms with E-state index in [1.807, 2.05) is 0 Å². The van der Waals surface area contributed by atoms with Crippen molar-refractivity contribution < 1.29 is 8.76 Å². The van der Waals surface area contributed by atoms with Gasteiger partial charge in [0.1, 0.15) is 0 Å². The molecule has 1 unspecified atom stereocenters. The summed E-state index contributed by atoms with van der Waals surface area (Å²) >= 11 is -0.691. The van der Waals surface area contributed by atoms with Crippen LogP contribution in [0.5, 0.6) is 0 Å². The Bertz CT molecular complexity index is 495. The second kappa shape index (κ2) is 3.64. The van der Waals surface area contributed by atoms with E-state index in [0.29, 0.717) is 5.13 Å². The molecule has 0 fully saturated rings. The van der Waals surface area contributed by atoms with Crippen LogP contribution in [0, 0.1) is 0 Å². The van der Waals surface area contributed by atoms with E-state index in [4.69, 9.17) is 5.73 Å². The van der Waals surface area contributed by atoms with E-state index in [1.165, 1.54) is 11.3 Å². The lowest BCUT2D eigenvalue weighted by atomic mass is 10.2. The Morgan fingerprint density at radius 2 is 2.36 bits per heavy atom. The van der Waals surface area contributed by atoms with Gasteiger partial charge in [-0.25, -0.2) is 4.98 Å². The lowest BCUT2D eigenvalue weighted by molar-refractivity contribution is 0.536. The van der Waals surface area contributed by atoms with E-state index < -0.39 is 11.1 Å². The molecule has 2 N–H and O–H groups in total. The lowest BCUT2D eigenvalue weighted by Gasteiger charge is -2.03. The summed E-state index contributed by atoms with van der Waals surface area (Å²) in [5.41, 5.74) is 7.10. The molecule has 0 aliphatic heterocycles. The molecule has 74 valence electrons. The van der Waals surface area contributed by atoms with Gasteiger partial charge in [-0.05, 0) is 17.7 Å². The van der Waals surface area contributed by atoms with Crippen molar-refractivity contribution in [1.29, 1.82) is 0 Å². The zero-order valence-electron chi connectivity index (χ0n) is 7.10. The summed E-state index contributed by atoms with van der Waals surface area (Å²) in [4.78, 5) is 4.08. The van der Waals surface area contributed by atoms with Crippen LogP contribution in [0.3, 0.4) is 0 Å². The van der Waals surface area contributed by atoms with Crippen LogP contribution in [-0.2, 0) is 16.8 Å². The largest absolute Gasteiger partial charge is 0.772 e. The van der Waals surface area contributed by atoms with E-state index in [2.05, 4.69) is 4.98 Å². The summed E-state index contributed by atoms with van der Waals surface area (Å²) < 4.78 is 21.9. The molecule has 0 saturated carbocycles. The maximum absolute atomic E-state index is 10.5. The molecule has 1 atom stereocenters. The van der Waals surface area contributed by atoms with Gasteiger partial charge in [0, 0.05) is 5.75 Å². The van der Waals surface area contributed by atoms with Gasteiger partial charge in [0.25, 0.3) is 0 Å². The highest BCUT2D eigenvalue weighted by Gasteiger charge is 2.01. The third kappa shape index (κ3) is 1.92. The first-order valence-corrected chi connectivity index (χ1v) is 5.92. The molecule has 2 rings (SSSR count). The van der Waals surface area contributed by atoms with E-state index in [-0.39, 0.29) is 5.75 Å². The van der Waals surface area contributed by atoms with E-state index in [9.17, 15) is 8.76 Å². The summed E-state index contributed by atoms with van der Waals surface area (Å²) in [5, 5.41) is 0.500. The van der Waals surface area contributed by atoms with Gasteiger partial charge in [0.05, 0.1) is 10.2 Å². The number of aromatic nitrogens is 1. The maximum Gasteiger partial charge on any atom is 0.181 e. The molecular weight excluding hydrogens is 220 g/mol. The van der Waals surface area contributed by atoms with Crippen molar-refractivity contribution >= 4 is 37.8 Å². The SMILES string of the molecule is Nc1nc2ccc(CS(=O)[O-])cc2s1. The van der Waals surface area contributed by atoms with Gasteiger partial charge < -0.3 is 10.3 Å². The molecule has 2 aromatic rings. The third-order valence-electron chi connectivity index (χ3n) is 1.75. The minimum atomic E-state index is -2.05. The molecule has 0 radical (unpaired) electrons. The average molecular weight is 227 g/mol. The van der Waals surface area contributed by atoms with E-state index in [0.717, 1.165) is 15.8 Å². The van der Waals surface area contributed by atoms with Crippen molar-refractivity contribution in [3.8, 4) is 0 Å². The van der Waals surface area contributed by atoms with Crippen molar-refractivity contribution in [1.82, 2.24) is 4.98 Å². The minimum absolute atomic E-state index is 0.0355. The van der Waals surface area contributed by atoms with Crippen molar-refractivity contribution in [2.75, 3.05) is 5.73 Å².